The first-order chi connectivity index (χ1) is 11.3. The molecule has 2 aromatic rings. The summed E-state index contributed by atoms with van der Waals surface area (Å²) in [5.41, 5.74) is 2.50. The molecule has 3 rings (SSSR count). The van der Waals surface area contributed by atoms with Crippen LogP contribution in [0, 0.1) is 0 Å². The number of amides is 1. The van der Waals surface area contributed by atoms with E-state index in [0.717, 1.165) is 37.1 Å². The topological polar surface area (TPSA) is 66.3 Å². The maximum Gasteiger partial charge on any atom is 0.268 e. The summed E-state index contributed by atoms with van der Waals surface area (Å²) in [6.07, 6.45) is 4.08. The standard InChI is InChI=1S/C18H23N3O2.ClH/c22-13-15-5-2-1-4-14(15)12-20-18(23)17-6-3-11-21(17)16-7-9-19-10-8-16;/h1-6,11,16,19,22H,7-10,12-13H2,(H,20,23);1H. The van der Waals surface area contributed by atoms with Crippen molar-refractivity contribution in [2.75, 3.05) is 13.1 Å². The van der Waals surface area contributed by atoms with Crippen molar-refractivity contribution < 1.29 is 9.90 Å². The van der Waals surface area contributed by atoms with Crippen molar-refractivity contribution in [2.45, 2.75) is 32.0 Å². The van der Waals surface area contributed by atoms with Crippen LogP contribution in [0.1, 0.15) is 40.5 Å². The molecule has 6 heteroatoms. The van der Waals surface area contributed by atoms with Crippen LogP contribution in [0.5, 0.6) is 0 Å². The number of aromatic nitrogens is 1. The molecule has 0 saturated carbocycles. The third kappa shape index (κ3) is 4.17. The number of carbonyl (C=O) groups excluding carboxylic acids is 1. The number of halogens is 1. The second kappa shape index (κ2) is 8.87. The highest BCUT2D eigenvalue weighted by Crippen LogP contribution is 2.21. The summed E-state index contributed by atoms with van der Waals surface area (Å²) in [6, 6.07) is 11.8. The molecule has 24 heavy (non-hydrogen) atoms. The maximum atomic E-state index is 12.5. The number of hydrogen-bond acceptors (Lipinski definition) is 3. The van der Waals surface area contributed by atoms with Crippen LogP contribution >= 0.6 is 12.4 Å². The number of carbonyl (C=O) groups is 1. The van der Waals surface area contributed by atoms with E-state index in [-0.39, 0.29) is 24.9 Å². The molecule has 2 heterocycles. The van der Waals surface area contributed by atoms with E-state index in [4.69, 9.17) is 0 Å². The molecule has 130 valence electrons. The minimum Gasteiger partial charge on any atom is -0.392 e. The molecule has 0 unspecified atom stereocenters. The van der Waals surface area contributed by atoms with Gasteiger partial charge in [0.25, 0.3) is 5.91 Å². The summed E-state index contributed by atoms with van der Waals surface area (Å²) in [6.45, 7) is 2.39. The molecule has 1 aliphatic heterocycles. The number of aliphatic hydroxyl groups is 1. The second-order valence-electron chi connectivity index (χ2n) is 5.89. The first-order valence-electron chi connectivity index (χ1n) is 8.13. The van der Waals surface area contributed by atoms with Gasteiger partial charge < -0.3 is 20.3 Å². The number of benzene rings is 1. The third-order valence-corrected chi connectivity index (χ3v) is 4.44. The fraction of sp³-hybridized carbons (Fsp3) is 0.389. The number of nitrogens with one attached hydrogen (secondary N) is 2. The molecular weight excluding hydrogens is 326 g/mol. The molecular formula is C18H24ClN3O2. The van der Waals surface area contributed by atoms with Gasteiger partial charge in [-0.05, 0) is 49.2 Å². The minimum atomic E-state index is -0.0683. The van der Waals surface area contributed by atoms with Crippen LogP contribution < -0.4 is 10.6 Å². The fourth-order valence-corrected chi connectivity index (χ4v) is 3.14. The zero-order valence-corrected chi connectivity index (χ0v) is 14.4. The Morgan fingerprint density at radius 3 is 2.58 bits per heavy atom. The molecule has 1 aromatic carbocycles. The van der Waals surface area contributed by atoms with Gasteiger partial charge in [0.15, 0.2) is 0 Å². The zero-order chi connectivity index (χ0) is 16.1. The third-order valence-electron chi connectivity index (χ3n) is 4.44. The Morgan fingerprint density at radius 2 is 1.88 bits per heavy atom. The summed E-state index contributed by atoms with van der Waals surface area (Å²) in [5, 5.41) is 15.7. The molecule has 1 aliphatic rings. The van der Waals surface area contributed by atoms with E-state index >= 15 is 0 Å². The summed E-state index contributed by atoms with van der Waals surface area (Å²) in [4.78, 5) is 12.5. The van der Waals surface area contributed by atoms with Crippen LogP contribution in [0.25, 0.3) is 0 Å². The molecule has 0 spiro atoms. The van der Waals surface area contributed by atoms with Crippen molar-refractivity contribution >= 4 is 18.3 Å². The zero-order valence-electron chi connectivity index (χ0n) is 13.6. The van der Waals surface area contributed by atoms with Gasteiger partial charge in [-0.25, -0.2) is 0 Å². The van der Waals surface area contributed by atoms with E-state index in [1.165, 1.54) is 0 Å². The summed E-state index contributed by atoms with van der Waals surface area (Å²) in [5.74, 6) is -0.0683. The van der Waals surface area contributed by atoms with Crippen LogP contribution in [0.2, 0.25) is 0 Å². The maximum absolute atomic E-state index is 12.5. The van der Waals surface area contributed by atoms with Gasteiger partial charge in [0.2, 0.25) is 0 Å². The van der Waals surface area contributed by atoms with Crippen LogP contribution in [0.15, 0.2) is 42.6 Å². The largest absolute Gasteiger partial charge is 0.392 e. The number of hydrogen-bond donors (Lipinski definition) is 3. The van der Waals surface area contributed by atoms with Crippen molar-refractivity contribution in [3.8, 4) is 0 Å². The highest BCUT2D eigenvalue weighted by Gasteiger charge is 2.19. The van der Waals surface area contributed by atoms with Crippen molar-refractivity contribution in [3.63, 3.8) is 0 Å². The first-order valence-corrected chi connectivity index (χ1v) is 8.13. The van der Waals surface area contributed by atoms with E-state index in [0.29, 0.717) is 18.3 Å². The Hall–Kier alpha value is -1.82. The molecule has 1 amide bonds. The monoisotopic (exact) mass is 349 g/mol. The SMILES string of the molecule is Cl.O=C(NCc1ccccc1CO)c1cccn1C1CCNCC1. The minimum absolute atomic E-state index is 0. The van der Waals surface area contributed by atoms with Crippen molar-refractivity contribution in [3.05, 3.63) is 59.4 Å². The van der Waals surface area contributed by atoms with E-state index in [9.17, 15) is 9.90 Å². The second-order valence-corrected chi connectivity index (χ2v) is 5.89. The van der Waals surface area contributed by atoms with Crippen LogP contribution in [0.4, 0.5) is 0 Å². The van der Waals surface area contributed by atoms with E-state index in [1.54, 1.807) is 0 Å². The van der Waals surface area contributed by atoms with Gasteiger partial charge >= 0.3 is 0 Å². The molecule has 3 N–H and O–H groups in total. The van der Waals surface area contributed by atoms with E-state index < -0.39 is 0 Å². The molecule has 5 nitrogen and oxygen atoms in total. The molecule has 0 atom stereocenters. The van der Waals surface area contributed by atoms with Gasteiger partial charge in [0.05, 0.1) is 6.61 Å². The van der Waals surface area contributed by atoms with Crippen LogP contribution in [-0.4, -0.2) is 28.7 Å². The number of aliphatic hydroxyl groups excluding tert-OH is 1. The number of piperidine rings is 1. The van der Waals surface area contributed by atoms with Gasteiger partial charge in [0, 0.05) is 18.8 Å². The average molecular weight is 350 g/mol. The molecule has 0 aliphatic carbocycles. The fourth-order valence-electron chi connectivity index (χ4n) is 3.14. The van der Waals surface area contributed by atoms with Crippen LogP contribution in [0.3, 0.4) is 0 Å². The van der Waals surface area contributed by atoms with E-state index in [2.05, 4.69) is 15.2 Å². The predicted octanol–water partition coefficient (Wildman–Crippen LogP) is 2.26. The Balaban J connectivity index is 0.00000208. The summed E-state index contributed by atoms with van der Waals surface area (Å²) >= 11 is 0. The van der Waals surface area contributed by atoms with Crippen LogP contribution in [-0.2, 0) is 13.2 Å². The molecule has 1 aromatic heterocycles. The molecule has 0 radical (unpaired) electrons. The average Bonchev–Trinajstić information content (AvgIpc) is 3.10. The van der Waals surface area contributed by atoms with Gasteiger partial charge in [-0.15, -0.1) is 12.4 Å². The Morgan fingerprint density at radius 1 is 1.17 bits per heavy atom. The highest BCUT2D eigenvalue weighted by atomic mass is 35.5. The van der Waals surface area contributed by atoms with Gasteiger partial charge in [-0.1, -0.05) is 24.3 Å². The Labute approximate surface area is 148 Å². The Kier molecular flexibility index (Phi) is 6.85. The lowest BCUT2D eigenvalue weighted by Crippen LogP contribution is -2.32. The summed E-state index contributed by atoms with van der Waals surface area (Å²) < 4.78 is 2.09. The van der Waals surface area contributed by atoms with E-state index in [1.807, 2.05) is 42.6 Å². The predicted molar refractivity (Wildman–Crippen MR) is 96.4 cm³/mol. The Bertz CT molecular complexity index is 666. The lowest BCUT2D eigenvalue weighted by atomic mass is 10.1. The first kappa shape index (κ1) is 18.5. The van der Waals surface area contributed by atoms with Gasteiger partial charge in [0.1, 0.15) is 5.69 Å². The van der Waals surface area contributed by atoms with Crippen molar-refractivity contribution in [2.24, 2.45) is 0 Å². The quantitative estimate of drug-likeness (QED) is 0.775. The van der Waals surface area contributed by atoms with Crippen molar-refractivity contribution in [1.82, 2.24) is 15.2 Å². The van der Waals surface area contributed by atoms with Crippen molar-refractivity contribution in [1.29, 1.82) is 0 Å². The van der Waals surface area contributed by atoms with Gasteiger partial charge in [-0.2, -0.15) is 0 Å². The molecule has 1 fully saturated rings. The lowest BCUT2D eigenvalue weighted by molar-refractivity contribution is 0.0937. The number of rotatable bonds is 5. The lowest BCUT2D eigenvalue weighted by Gasteiger charge is -2.26. The van der Waals surface area contributed by atoms with Gasteiger partial charge in [-0.3, -0.25) is 4.79 Å². The summed E-state index contributed by atoms with van der Waals surface area (Å²) in [7, 11) is 0. The number of nitrogens with zero attached hydrogens (tertiary/aromatic N) is 1. The molecule has 1 saturated heterocycles. The molecule has 0 bridgehead atoms. The highest BCUT2D eigenvalue weighted by molar-refractivity contribution is 5.92. The smallest absolute Gasteiger partial charge is 0.268 e. The normalized spacial score (nSPS) is 14.9.